The monoisotopic (exact) mass is 511 g/mol. The molecule has 0 atom stereocenters. The lowest BCUT2D eigenvalue weighted by Gasteiger charge is -2.25. The number of rotatable bonds is 8. The molecule has 0 spiro atoms. The molecule has 0 heterocycles. The van der Waals surface area contributed by atoms with Gasteiger partial charge in [-0.2, -0.15) is 13.2 Å². The maximum atomic E-state index is 13.5. The van der Waals surface area contributed by atoms with Crippen molar-refractivity contribution in [2.45, 2.75) is 31.0 Å². The smallest absolute Gasteiger partial charge is 0.416 e. The molecule has 34 heavy (non-hydrogen) atoms. The molecular formula is C24H21ClF3NO4S. The van der Waals surface area contributed by atoms with E-state index in [4.69, 9.17) is 16.3 Å². The van der Waals surface area contributed by atoms with Crippen molar-refractivity contribution < 1.29 is 31.1 Å². The first-order valence-corrected chi connectivity index (χ1v) is 12.0. The zero-order valence-electron chi connectivity index (χ0n) is 18.0. The van der Waals surface area contributed by atoms with Crippen LogP contribution in [-0.2, 0) is 38.7 Å². The molecule has 180 valence electrons. The molecule has 0 aliphatic heterocycles. The van der Waals surface area contributed by atoms with Crippen molar-refractivity contribution in [2.75, 3.05) is 10.9 Å². The lowest BCUT2D eigenvalue weighted by Crippen LogP contribution is -2.30. The third-order valence-electron chi connectivity index (χ3n) is 4.87. The van der Waals surface area contributed by atoms with Crippen molar-refractivity contribution in [1.82, 2.24) is 0 Å². The number of ether oxygens (including phenoxy) is 1. The molecule has 0 aliphatic rings. The topological polar surface area (TPSA) is 63.7 Å². The normalized spacial score (nSPS) is 11.8. The van der Waals surface area contributed by atoms with Gasteiger partial charge in [0, 0.05) is 5.02 Å². The number of nitrogens with zero attached hydrogens (tertiary/aromatic N) is 1. The second-order valence-corrected chi connectivity index (χ2v) is 9.61. The molecule has 0 aliphatic carbocycles. The quantitative estimate of drug-likeness (QED) is 0.355. The number of carbonyl (C=O) groups excluding carboxylic acids is 1. The standard InChI is InChI=1S/C24H21ClF3NO4S/c1-2-33-23(30)14-17-8-12-21(13-9-17)29(16-18-6-10-20(25)11-7-18)34(31,32)22-5-3-4-19(15-22)24(26,27)28/h3-13,15H,2,14,16H2,1H3. The van der Waals surface area contributed by atoms with E-state index in [0.717, 1.165) is 22.5 Å². The summed E-state index contributed by atoms with van der Waals surface area (Å²) in [4.78, 5) is 11.2. The Hall–Kier alpha value is -3.04. The van der Waals surface area contributed by atoms with Crippen LogP contribution in [0.4, 0.5) is 18.9 Å². The Balaban J connectivity index is 2.02. The van der Waals surface area contributed by atoms with E-state index in [2.05, 4.69) is 0 Å². The molecule has 3 rings (SSSR count). The summed E-state index contributed by atoms with van der Waals surface area (Å²) in [6, 6.07) is 16.2. The molecule has 3 aromatic rings. The summed E-state index contributed by atoms with van der Waals surface area (Å²) in [5, 5.41) is 0.458. The van der Waals surface area contributed by atoms with Gasteiger partial charge in [0.2, 0.25) is 0 Å². The van der Waals surface area contributed by atoms with E-state index in [0.29, 0.717) is 22.2 Å². The van der Waals surface area contributed by atoms with Gasteiger partial charge in [-0.25, -0.2) is 8.42 Å². The Morgan fingerprint density at radius 2 is 1.59 bits per heavy atom. The van der Waals surface area contributed by atoms with Crippen LogP contribution in [0.5, 0.6) is 0 Å². The van der Waals surface area contributed by atoms with Crippen LogP contribution in [-0.4, -0.2) is 21.0 Å². The zero-order chi connectivity index (χ0) is 24.9. The molecule has 0 fully saturated rings. The van der Waals surface area contributed by atoms with E-state index in [1.165, 1.54) is 12.1 Å². The largest absolute Gasteiger partial charge is 0.466 e. The summed E-state index contributed by atoms with van der Waals surface area (Å²) in [6.07, 6.45) is -4.69. The van der Waals surface area contributed by atoms with Crippen LogP contribution in [0.1, 0.15) is 23.6 Å². The third-order valence-corrected chi connectivity index (χ3v) is 6.89. The molecule has 0 bridgehead atoms. The van der Waals surface area contributed by atoms with Crippen LogP contribution < -0.4 is 4.31 Å². The fourth-order valence-electron chi connectivity index (χ4n) is 3.19. The minimum absolute atomic E-state index is 0.00564. The fraction of sp³-hybridized carbons (Fsp3) is 0.208. The van der Waals surface area contributed by atoms with E-state index in [-0.39, 0.29) is 25.3 Å². The number of hydrogen-bond acceptors (Lipinski definition) is 4. The summed E-state index contributed by atoms with van der Waals surface area (Å²) in [5.41, 5.74) is 0.338. The lowest BCUT2D eigenvalue weighted by molar-refractivity contribution is -0.142. The molecule has 0 unspecified atom stereocenters. The molecule has 0 aromatic heterocycles. The first kappa shape index (κ1) is 25.6. The number of esters is 1. The van der Waals surface area contributed by atoms with Crippen LogP contribution in [0.25, 0.3) is 0 Å². The number of alkyl halides is 3. The lowest BCUT2D eigenvalue weighted by atomic mass is 10.1. The van der Waals surface area contributed by atoms with Gasteiger partial charge in [-0.3, -0.25) is 9.10 Å². The van der Waals surface area contributed by atoms with Crippen LogP contribution >= 0.6 is 11.6 Å². The Labute approximate surface area is 200 Å². The summed E-state index contributed by atoms with van der Waals surface area (Å²) >= 11 is 5.92. The Kier molecular flexibility index (Phi) is 7.89. The predicted octanol–water partition coefficient (Wildman–Crippen LogP) is 5.86. The highest BCUT2D eigenvalue weighted by Gasteiger charge is 2.33. The maximum Gasteiger partial charge on any atom is 0.416 e. The number of hydrogen-bond donors (Lipinski definition) is 0. The highest BCUT2D eigenvalue weighted by Crippen LogP contribution is 2.33. The minimum atomic E-state index is -4.69. The number of anilines is 1. The summed E-state index contributed by atoms with van der Waals surface area (Å²) in [6.45, 7) is 1.78. The Morgan fingerprint density at radius 1 is 0.971 bits per heavy atom. The average Bonchev–Trinajstić information content (AvgIpc) is 2.79. The molecule has 10 heteroatoms. The van der Waals surface area contributed by atoms with Crippen molar-refractivity contribution in [3.63, 3.8) is 0 Å². The first-order valence-electron chi connectivity index (χ1n) is 10.2. The van der Waals surface area contributed by atoms with E-state index in [9.17, 15) is 26.4 Å². The minimum Gasteiger partial charge on any atom is -0.466 e. The first-order chi connectivity index (χ1) is 16.0. The molecule has 3 aromatic carbocycles. The van der Waals surface area contributed by atoms with Gasteiger partial charge in [0.1, 0.15) is 0 Å². The van der Waals surface area contributed by atoms with Crippen LogP contribution in [0.3, 0.4) is 0 Å². The van der Waals surface area contributed by atoms with Crippen LogP contribution in [0.2, 0.25) is 5.02 Å². The fourth-order valence-corrected chi connectivity index (χ4v) is 4.81. The number of sulfonamides is 1. The van der Waals surface area contributed by atoms with Crippen molar-refractivity contribution in [2.24, 2.45) is 0 Å². The molecule has 0 saturated heterocycles. The van der Waals surface area contributed by atoms with Gasteiger partial charge >= 0.3 is 12.1 Å². The average molecular weight is 512 g/mol. The van der Waals surface area contributed by atoms with Gasteiger partial charge in [0.15, 0.2) is 0 Å². The molecule has 0 radical (unpaired) electrons. The van der Waals surface area contributed by atoms with E-state index >= 15 is 0 Å². The van der Waals surface area contributed by atoms with Crippen molar-refractivity contribution in [3.05, 3.63) is 94.5 Å². The third kappa shape index (κ3) is 6.30. The number of benzene rings is 3. The van der Waals surface area contributed by atoms with Gasteiger partial charge in [0.25, 0.3) is 10.0 Å². The molecule has 0 amide bonds. The highest BCUT2D eigenvalue weighted by molar-refractivity contribution is 7.92. The summed E-state index contributed by atoms with van der Waals surface area (Å²) in [5.74, 6) is -0.426. The van der Waals surface area contributed by atoms with Crippen LogP contribution in [0.15, 0.2) is 77.7 Å². The second-order valence-electron chi connectivity index (χ2n) is 7.31. The Morgan fingerprint density at radius 3 is 2.18 bits per heavy atom. The SMILES string of the molecule is CCOC(=O)Cc1ccc(N(Cc2ccc(Cl)cc2)S(=O)(=O)c2cccc(C(F)(F)F)c2)cc1. The van der Waals surface area contributed by atoms with Crippen molar-refractivity contribution in [1.29, 1.82) is 0 Å². The molecule has 5 nitrogen and oxygen atoms in total. The van der Waals surface area contributed by atoms with E-state index < -0.39 is 32.6 Å². The second kappa shape index (κ2) is 10.5. The van der Waals surface area contributed by atoms with Crippen LogP contribution in [0, 0.1) is 0 Å². The van der Waals surface area contributed by atoms with Crippen molar-refractivity contribution >= 4 is 33.3 Å². The van der Waals surface area contributed by atoms with E-state index in [1.807, 2.05) is 0 Å². The number of carbonyl (C=O) groups is 1. The predicted molar refractivity (Wildman–Crippen MR) is 123 cm³/mol. The highest BCUT2D eigenvalue weighted by atomic mass is 35.5. The van der Waals surface area contributed by atoms with Gasteiger partial charge < -0.3 is 4.74 Å². The van der Waals surface area contributed by atoms with Gasteiger partial charge in [0.05, 0.1) is 35.7 Å². The molecule has 0 N–H and O–H groups in total. The zero-order valence-corrected chi connectivity index (χ0v) is 19.6. The summed E-state index contributed by atoms with van der Waals surface area (Å²) < 4.78 is 72.5. The number of halogens is 4. The molecule has 0 saturated carbocycles. The van der Waals surface area contributed by atoms with Crippen molar-refractivity contribution in [3.8, 4) is 0 Å². The van der Waals surface area contributed by atoms with E-state index in [1.54, 1.807) is 43.3 Å². The van der Waals surface area contributed by atoms with Gasteiger partial charge in [-0.05, 0) is 60.5 Å². The molecular weight excluding hydrogens is 491 g/mol. The van der Waals surface area contributed by atoms with Gasteiger partial charge in [-0.1, -0.05) is 41.9 Å². The Bertz CT molecular complexity index is 1240. The summed E-state index contributed by atoms with van der Waals surface area (Å²) in [7, 11) is -4.38. The maximum absolute atomic E-state index is 13.5. The van der Waals surface area contributed by atoms with Gasteiger partial charge in [-0.15, -0.1) is 0 Å².